The Morgan fingerprint density at radius 2 is 1.88 bits per heavy atom. The Morgan fingerprint density at radius 1 is 1.15 bits per heavy atom. The molecule has 1 heterocycles. The van der Waals surface area contributed by atoms with Gasteiger partial charge in [0.1, 0.15) is 11.5 Å². The second-order valence-electron chi connectivity index (χ2n) is 5.46. The SMILES string of the molecule is CCOc1ccc(NCN2C(=O)SC(=Cc3ccccc3O)C2=O)cc1. The predicted molar refractivity (Wildman–Crippen MR) is 102 cm³/mol. The van der Waals surface area contributed by atoms with Crippen molar-refractivity contribution >= 4 is 34.7 Å². The monoisotopic (exact) mass is 370 g/mol. The molecule has 0 unspecified atom stereocenters. The third-order valence-electron chi connectivity index (χ3n) is 3.70. The third-order valence-corrected chi connectivity index (χ3v) is 4.61. The Kier molecular flexibility index (Phi) is 5.48. The zero-order valence-electron chi connectivity index (χ0n) is 14.1. The van der Waals surface area contributed by atoms with Gasteiger partial charge in [-0.05, 0) is 55.1 Å². The summed E-state index contributed by atoms with van der Waals surface area (Å²) in [6, 6.07) is 13.9. The molecule has 2 amide bonds. The maximum Gasteiger partial charge on any atom is 0.295 e. The second-order valence-corrected chi connectivity index (χ2v) is 6.45. The van der Waals surface area contributed by atoms with E-state index in [0.29, 0.717) is 12.2 Å². The number of benzene rings is 2. The van der Waals surface area contributed by atoms with Crippen molar-refractivity contribution in [2.24, 2.45) is 0 Å². The molecule has 0 aromatic heterocycles. The molecule has 0 bridgehead atoms. The lowest BCUT2D eigenvalue weighted by Crippen LogP contribution is -2.33. The maximum atomic E-state index is 12.5. The van der Waals surface area contributed by atoms with Gasteiger partial charge < -0.3 is 15.2 Å². The lowest BCUT2D eigenvalue weighted by molar-refractivity contribution is -0.122. The number of aromatic hydroxyl groups is 1. The smallest absolute Gasteiger partial charge is 0.295 e. The number of rotatable bonds is 6. The van der Waals surface area contributed by atoms with Crippen molar-refractivity contribution in [2.45, 2.75) is 6.92 Å². The van der Waals surface area contributed by atoms with Crippen LogP contribution in [0.3, 0.4) is 0 Å². The number of hydrogen-bond acceptors (Lipinski definition) is 6. The van der Waals surface area contributed by atoms with Crippen molar-refractivity contribution in [3.63, 3.8) is 0 Å². The van der Waals surface area contributed by atoms with Gasteiger partial charge in [-0.25, -0.2) is 0 Å². The molecule has 0 radical (unpaired) electrons. The summed E-state index contributed by atoms with van der Waals surface area (Å²) >= 11 is 0.857. The van der Waals surface area contributed by atoms with E-state index in [1.807, 2.05) is 31.2 Å². The van der Waals surface area contributed by atoms with Crippen LogP contribution in [0.4, 0.5) is 10.5 Å². The Balaban J connectivity index is 1.66. The number of amides is 2. The van der Waals surface area contributed by atoms with Crippen LogP contribution in [0, 0.1) is 0 Å². The van der Waals surface area contributed by atoms with Crippen molar-refractivity contribution in [1.29, 1.82) is 0 Å². The number of anilines is 1. The first kappa shape index (κ1) is 17.9. The van der Waals surface area contributed by atoms with Gasteiger partial charge in [-0.3, -0.25) is 14.5 Å². The molecule has 134 valence electrons. The van der Waals surface area contributed by atoms with Gasteiger partial charge in [-0.2, -0.15) is 0 Å². The highest BCUT2D eigenvalue weighted by molar-refractivity contribution is 8.18. The van der Waals surface area contributed by atoms with E-state index in [2.05, 4.69) is 5.32 Å². The summed E-state index contributed by atoms with van der Waals surface area (Å²) in [5.74, 6) is 0.434. The summed E-state index contributed by atoms with van der Waals surface area (Å²) in [6.45, 7) is 2.57. The summed E-state index contributed by atoms with van der Waals surface area (Å²) in [5.41, 5.74) is 1.27. The molecule has 0 saturated carbocycles. The molecule has 0 atom stereocenters. The first-order chi connectivity index (χ1) is 12.6. The molecule has 7 heteroatoms. The van der Waals surface area contributed by atoms with Crippen LogP contribution in [0.25, 0.3) is 6.08 Å². The first-order valence-corrected chi connectivity index (χ1v) is 8.90. The number of nitrogens with zero attached hydrogens (tertiary/aromatic N) is 1. The molecule has 0 aliphatic carbocycles. The van der Waals surface area contributed by atoms with Gasteiger partial charge >= 0.3 is 0 Å². The van der Waals surface area contributed by atoms with Crippen molar-refractivity contribution in [2.75, 3.05) is 18.6 Å². The van der Waals surface area contributed by atoms with E-state index in [-0.39, 0.29) is 28.5 Å². The van der Waals surface area contributed by atoms with Gasteiger partial charge in [0.25, 0.3) is 11.1 Å². The minimum absolute atomic E-state index is 0.0619. The van der Waals surface area contributed by atoms with Gasteiger partial charge in [-0.15, -0.1) is 0 Å². The highest BCUT2D eigenvalue weighted by atomic mass is 32.2. The molecule has 3 rings (SSSR count). The largest absolute Gasteiger partial charge is 0.507 e. The third kappa shape index (κ3) is 4.00. The van der Waals surface area contributed by atoms with Gasteiger partial charge in [0.05, 0.1) is 18.2 Å². The second kappa shape index (κ2) is 7.97. The fourth-order valence-corrected chi connectivity index (χ4v) is 3.22. The fourth-order valence-electron chi connectivity index (χ4n) is 2.39. The number of para-hydroxylation sites is 1. The van der Waals surface area contributed by atoms with Crippen LogP contribution < -0.4 is 10.1 Å². The van der Waals surface area contributed by atoms with E-state index < -0.39 is 0 Å². The zero-order chi connectivity index (χ0) is 18.5. The highest BCUT2D eigenvalue weighted by Crippen LogP contribution is 2.33. The van der Waals surface area contributed by atoms with Crippen LogP contribution in [-0.4, -0.2) is 34.4 Å². The van der Waals surface area contributed by atoms with Crippen LogP contribution in [0.1, 0.15) is 12.5 Å². The molecule has 1 saturated heterocycles. The fraction of sp³-hybridized carbons (Fsp3) is 0.158. The van der Waals surface area contributed by atoms with Crippen LogP contribution in [0.15, 0.2) is 53.4 Å². The maximum absolute atomic E-state index is 12.5. The minimum Gasteiger partial charge on any atom is -0.507 e. The Morgan fingerprint density at radius 3 is 2.58 bits per heavy atom. The van der Waals surface area contributed by atoms with Gasteiger partial charge in [0.15, 0.2) is 0 Å². The standard InChI is InChI=1S/C19H18N2O4S/c1-2-25-15-9-7-14(8-10-15)20-12-21-18(23)17(26-19(21)24)11-13-5-3-4-6-16(13)22/h3-11,20,22H,2,12H2,1H3. The lowest BCUT2D eigenvalue weighted by Gasteiger charge is -2.14. The van der Waals surface area contributed by atoms with Gasteiger partial charge in [-0.1, -0.05) is 18.2 Å². The number of hydrogen-bond donors (Lipinski definition) is 2. The average molecular weight is 370 g/mol. The van der Waals surface area contributed by atoms with Crippen LogP contribution in [-0.2, 0) is 4.79 Å². The van der Waals surface area contributed by atoms with E-state index in [1.165, 1.54) is 12.1 Å². The van der Waals surface area contributed by atoms with Crippen molar-refractivity contribution in [3.05, 3.63) is 59.0 Å². The van der Waals surface area contributed by atoms with E-state index in [4.69, 9.17) is 4.74 Å². The Labute approximate surface area is 155 Å². The summed E-state index contributed by atoms with van der Waals surface area (Å²) in [4.78, 5) is 26.0. The number of imide groups is 1. The van der Waals surface area contributed by atoms with Gasteiger partial charge in [0.2, 0.25) is 0 Å². The molecule has 2 aromatic rings. The topological polar surface area (TPSA) is 78.9 Å². The van der Waals surface area contributed by atoms with Crippen molar-refractivity contribution in [3.8, 4) is 11.5 Å². The highest BCUT2D eigenvalue weighted by Gasteiger charge is 2.34. The van der Waals surface area contributed by atoms with Crippen molar-refractivity contribution < 1.29 is 19.4 Å². The van der Waals surface area contributed by atoms with Gasteiger partial charge in [0, 0.05) is 11.3 Å². The van der Waals surface area contributed by atoms with Crippen molar-refractivity contribution in [1.82, 2.24) is 4.90 Å². The summed E-state index contributed by atoms with van der Waals surface area (Å²) < 4.78 is 5.38. The van der Waals surface area contributed by atoms with E-state index in [1.54, 1.807) is 18.2 Å². The molecule has 1 aliphatic rings. The molecule has 1 fully saturated rings. The normalized spacial score (nSPS) is 15.6. The van der Waals surface area contributed by atoms with Crippen LogP contribution in [0.5, 0.6) is 11.5 Å². The number of phenolic OH excluding ortho intramolecular Hbond substituents is 1. The number of thioether (sulfide) groups is 1. The molecule has 26 heavy (non-hydrogen) atoms. The number of ether oxygens (including phenoxy) is 1. The summed E-state index contributed by atoms with van der Waals surface area (Å²) in [7, 11) is 0. The average Bonchev–Trinajstić information content (AvgIpc) is 2.90. The van der Waals surface area contributed by atoms with E-state index in [9.17, 15) is 14.7 Å². The lowest BCUT2D eigenvalue weighted by atomic mass is 10.2. The molecule has 1 aliphatic heterocycles. The molecule has 2 aromatic carbocycles. The quantitative estimate of drug-likeness (QED) is 0.751. The Bertz CT molecular complexity index is 849. The number of nitrogens with one attached hydrogen (secondary N) is 1. The Hall–Kier alpha value is -2.93. The molecule has 0 spiro atoms. The number of carbonyl (C=O) groups excluding carboxylic acids is 2. The van der Waals surface area contributed by atoms with E-state index >= 15 is 0 Å². The summed E-state index contributed by atoms with van der Waals surface area (Å²) in [5, 5.41) is 12.5. The first-order valence-electron chi connectivity index (χ1n) is 8.08. The minimum atomic E-state index is -0.387. The number of carbonyl (C=O) groups is 2. The van der Waals surface area contributed by atoms with E-state index in [0.717, 1.165) is 28.1 Å². The molecular formula is C19H18N2O4S. The van der Waals surface area contributed by atoms with Crippen LogP contribution in [0.2, 0.25) is 0 Å². The van der Waals surface area contributed by atoms with Crippen LogP contribution >= 0.6 is 11.8 Å². The molecular weight excluding hydrogens is 352 g/mol. The predicted octanol–water partition coefficient (Wildman–Crippen LogP) is 3.90. The molecule has 6 nitrogen and oxygen atoms in total. The zero-order valence-corrected chi connectivity index (χ0v) is 15.0. The number of phenols is 1. The summed E-state index contributed by atoms with van der Waals surface area (Å²) in [6.07, 6.45) is 1.52. The molecule has 2 N–H and O–H groups in total.